The van der Waals surface area contributed by atoms with Gasteiger partial charge in [-0.15, -0.1) is 0 Å². The van der Waals surface area contributed by atoms with Gasteiger partial charge in [-0.25, -0.2) is 4.39 Å². The van der Waals surface area contributed by atoms with Crippen molar-refractivity contribution in [1.29, 1.82) is 0 Å². The number of benzene rings is 2. The normalized spacial score (nSPS) is 13.9. The molecule has 0 radical (unpaired) electrons. The van der Waals surface area contributed by atoms with Gasteiger partial charge in [0, 0.05) is 17.5 Å². The van der Waals surface area contributed by atoms with E-state index in [-0.39, 0.29) is 10.3 Å². The van der Waals surface area contributed by atoms with Crippen LogP contribution in [-0.4, -0.2) is 25.5 Å². The van der Waals surface area contributed by atoms with Crippen LogP contribution in [0.3, 0.4) is 0 Å². The standard InChI is InChI=1S/C21H20Cl2FNO3/c22-21(23)11-14-27-20-4-1-3-17-18(20)9-10-19(17)25-28-13-2-12-26-16-7-5-15(24)6-8-16/h1,3-8,11H,2,9-10,12-14H2/b25-19+. The van der Waals surface area contributed by atoms with Crippen molar-refractivity contribution in [3.8, 4) is 11.5 Å². The Morgan fingerprint density at radius 2 is 1.86 bits per heavy atom. The third-order valence-corrected chi connectivity index (χ3v) is 4.48. The smallest absolute Gasteiger partial charge is 0.123 e. The molecule has 4 nitrogen and oxygen atoms in total. The molecule has 0 saturated heterocycles. The van der Waals surface area contributed by atoms with Crippen molar-refractivity contribution in [2.75, 3.05) is 19.8 Å². The van der Waals surface area contributed by atoms with Gasteiger partial charge in [0.25, 0.3) is 0 Å². The molecule has 0 aromatic heterocycles. The van der Waals surface area contributed by atoms with Gasteiger partial charge in [0.2, 0.25) is 0 Å². The van der Waals surface area contributed by atoms with E-state index in [1.54, 1.807) is 18.2 Å². The van der Waals surface area contributed by atoms with E-state index in [4.69, 9.17) is 37.5 Å². The summed E-state index contributed by atoms with van der Waals surface area (Å²) < 4.78 is 24.3. The summed E-state index contributed by atoms with van der Waals surface area (Å²) >= 11 is 11.2. The van der Waals surface area contributed by atoms with Gasteiger partial charge >= 0.3 is 0 Å². The summed E-state index contributed by atoms with van der Waals surface area (Å²) in [6, 6.07) is 11.8. The van der Waals surface area contributed by atoms with Crippen molar-refractivity contribution in [1.82, 2.24) is 0 Å². The first-order chi connectivity index (χ1) is 13.6. The fraction of sp³-hybridized carbons (Fsp3) is 0.286. The van der Waals surface area contributed by atoms with Crippen molar-refractivity contribution in [3.05, 3.63) is 70.0 Å². The third kappa shape index (κ3) is 5.88. The quantitative estimate of drug-likeness (QED) is 0.385. The number of halogens is 3. The summed E-state index contributed by atoms with van der Waals surface area (Å²) in [6.07, 6.45) is 3.92. The van der Waals surface area contributed by atoms with Gasteiger partial charge in [-0.3, -0.25) is 0 Å². The topological polar surface area (TPSA) is 40.0 Å². The molecule has 0 bridgehead atoms. The molecule has 7 heteroatoms. The highest BCUT2D eigenvalue weighted by Crippen LogP contribution is 2.31. The minimum Gasteiger partial charge on any atom is -0.493 e. The molecule has 0 unspecified atom stereocenters. The van der Waals surface area contributed by atoms with Crippen LogP contribution in [0.4, 0.5) is 4.39 Å². The Bertz CT molecular complexity index is 849. The van der Waals surface area contributed by atoms with Crippen LogP contribution in [0.2, 0.25) is 0 Å². The molecular formula is C21H20Cl2FNO3. The molecule has 0 saturated carbocycles. The first kappa shape index (κ1) is 20.5. The molecule has 1 aliphatic rings. The third-order valence-electron chi connectivity index (χ3n) is 4.17. The Hall–Kier alpha value is -2.24. The van der Waals surface area contributed by atoms with E-state index in [9.17, 15) is 4.39 Å². The van der Waals surface area contributed by atoms with E-state index in [2.05, 4.69) is 5.16 Å². The first-order valence-electron chi connectivity index (χ1n) is 8.97. The number of hydrogen-bond acceptors (Lipinski definition) is 4. The molecule has 3 rings (SSSR count). The molecule has 2 aromatic rings. The Morgan fingerprint density at radius 3 is 2.64 bits per heavy atom. The lowest BCUT2D eigenvalue weighted by Gasteiger charge is -2.09. The molecule has 0 amide bonds. The fourth-order valence-corrected chi connectivity index (χ4v) is 2.99. The van der Waals surface area contributed by atoms with Gasteiger partial charge in [0.1, 0.15) is 35.0 Å². The minimum absolute atomic E-state index is 0.187. The SMILES string of the molecule is Fc1ccc(OCCCO/N=C2\CCc3c(OCC=C(Cl)Cl)cccc32)cc1. The molecule has 28 heavy (non-hydrogen) atoms. The molecule has 0 N–H and O–H groups in total. The fourth-order valence-electron chi connectivity index (χ4n) is 2.86. The average Bonchev–Trinajstić information content (AvgIpc) is 3.10. The Morgan fingerprint density at radius 1 is 1.04 bits per heavy atom. The van der Waals surface area contributed by atoms with Crippen LogP contribution in [0.5, 0.6) is 11.5 Å². The second-order valence-electron chi connectivity index (χ2n) is 6.11. The molecule has 0 fully saturated rings. The van der Waals surface area contributed by atoms with Gasteiger partial charge in [-0.05, 0) is 49.2 Å². The van der Waals surface area contributed by atoms with Gasteiger partial charge in [0.15, 0.2) is 0 Å². The van der Waals surface area contributed by atoms with E-state index in [0.717, 1.165) is 35.4 Å². The lowest BCUT2D eigenvalue weighted by Crippen LogP contribution is -2.03. The lowest BCUT2D eigenvalue weighted by atomic mass is 10.1. The van der Waals surface area contributed by atoms with E-state index < -0.39 is 0 Å². The number of fused-ring (bicyclic) bond motifs is 1. The summed E-state index contributed by atoms with van der Waals surface area (Å²) in [6.45, 7) is 1.23. The molecule has 0 aliphatic heterocycles. The Labute approximate surface area is 173 Å². The maximum atomic E-state index is 12.8. The minimum atomic E-state index is -0.281. The molecular weight excluding hydrogens is 404 g/mol. The van der Waals surface area contributed by atoms with Gasteiger partial charge in [-0.2, -0.15) is 0 Å². The van der Waals surface area contributed by atoms with Gasteiger partial charge in [0.05, 0.1) is 12.3 Å². The highest BCUT2D eigenvalue weighted by molar-refractivity contribution is 6.55. The number of oxime groups is 1. The second kappa shape index (κ2) is 10.3. The lowest BCUT2D eigenvalue weighted by molar-refractivity contribution is 0.127. The maximum absolute atomic E-state index is 12.8. The predicted octanol–water partition coefficient (Wildman–Crippen LogP) is 5.66. The van der Waals surface area contributed by atoms with Crippen molar-refractivity contribution in [2.24, 2.45) is 5.16 Å². The Balaban J connectivity index is 1.46. The van der Waals surface area contributed by atoms with Crippen LogP contribution >= 0.6 is 23.2 Å². The molecule has 0 spiro atoms. The maximum Gasteiger partial charge on any atom is 0.123 e. The summed E-state index contributed by atoms with van der Waals surface area (Å²) in [5, 5.41) is 4.27. The predicted molar refractivity (Wildman–Crippen MR) is 109 cm³/mol. The van der Waals surface area contributed by atoms with Crippen molar-refractivity contribution < 1.29 is 18.7 Å². The summed E-state index contributed by atoms with van der Waals surface area (Å²) in [5.74, 6) is 1.16. The van der Waals surface area contributed by atoms with Crippen LogP contribution in [0.1, 0.15) is 24.0 Å². The average molecular weight is 424 g/mol. The zero-order chi connectivity index (χ0) is 19.8. The second-order valence-corrected chi connectivity index (χ2v) is 7.12. The molecule has 148 valence electrons. The van der Waals surface area contributed by atoms with Crippen molar-refractivity contribution in [2.45, 2.75) is 19.3 Å². The van der Waals surface area contributed by atoms with E-state index in [1.807, 2.05) is 18.2 Å². The Kier molecular flexibility index (Phi) is 7.57. The van der Waals surface area contributed by atoms with Gasteiger partial charge < -0.3 is 14.3 Å². The highest BCUT2D eigenvalue weighted by atomic mass is 35.5. The molecule has 2 aromatic carbocycles. The molecule has 0 atom stereocenters. The van der Waals surface area contributed by atoms with E-state index in [1.165, 1.54) is 12.1 Å². The summed E-state index contributed by atoms with van der Waals surface area (Å²) in [4.78, 5) is 5.45. The van der Waals surface area contributed by atoms with Crippen LogP contribution in [-0.2, 0) is 11.3 Å². The summed E-state index contributed by atoms with van der Waals surface area (Å²) in [7, 11) is 0. The first-order valence-corrected chi connectivity index (χ1v) is 9.72. The van der Waals surface area contributed by atoms with E-state index in [0.29, 0.717) is 32.0 Å². The number of hydrogen-bond donors (Lipinski definition) is 0. The zero-order valence-electron chi connectivity index (χ0n) is 15.2. The van der Waals surface area contributed by atoms with Crippen LogP contribution < -0.4 is 9.47 Å². The van der Waals surface area contributed by atoms with E-state index >= 15 is 0 Å². The number of nitrogens with zero attached hydrogens (tertiary/aromatic N) is 1. The van der Waals surface area contributed by atoms with Crippen LogP contribution in [0.25, 0.3) is 0 Å². The summed E-state index contributed by atoms with van der Waals surface area (Å²) in [5.41, 5.74) is 3.07. The number of rotatable bonds is 9. The van der Waals surface area contributed by atoms with Crippen LogP contribution in [0.15, 0.2) is 58.2 Å². The largest absolute Gasteiger partial charge is 0.493 e. The number of ether oxygens (including phenoxy) is 2. The van der Waals surface area contributed by atoms with Crippen LogP contribution in [0, 0.1) is 5.82 Å². The van der Waals surface area contributed by atoms with Crippen molar-refractivity contribution >= 4 is 28.9 Å². The molecule has 1 aliphatic carbocycles. The zero-order valence-corrected chi connectivity index (χ0v) is 16.7. The van der Waals surface area contributed by atoms with Crippen molar-refractivity contribution in [3.63, 3.8) is 0 Å². The highest BCUT2D eigenvalue weighted by Gasteiger charge is 2.21. The monoisotopic (exact) mass is 423 g/mol. The van der Waals surface area contributed by atoms with Gasteiger partial charge in [-0.1, -0.05) is 40.5 Å². The molecule has 0 heterocycles.